The van der Waals surface area contributed by atoms with Crippen LogP contribution in [0.4, 0.5) is 0 Å². The number of carbonyl (C=O) groups is 1. The van der Waals surface area contributed by atoms with Crippen molar-refractivity contribution in [1.82, 2.24) is 24.0 Å². The van der Waals surface area contributed by atoms with E-state index in [2.05, 4.69) is 17.2 Å². The number of nitrogens with zero attached hydrogens (tertiary/aromatic N) is 4. The predicted octanol–water partition coefficient (Wildman–Crippen LogP) is 0.744. The minimum absolute atomic E-state index is 0.0326. The van der Waals surface area contributed by atoms with E-state index < -0.39 is 11.2 Å². The molecule has 0 fully saturated rings. The van der Waals surface area contributed by atoms with Gasteiger partial charge in [-0.3, -0.25) is 18.7 Å². The molecule has 8 heteroatoms. The van der Waals surface area contributed by atoms with E-state index in [1.165, 1.54) is 28.1 Å². The highest BCUT2D eigenvalue weighted by molar-refractivity contribution is 5.78. The molecule has 27 heavy (non-hydrogen) atoms. The lowest BCUT2D eigenvalue weighted by Gasteiger charge is -2.16. The topological polar surface area (TPSA) is 90.9 Å². The van der Waals surface area contributed by atoms with E-state index in [0.717, 1.165) is 11.0 Å². The lowest BCUT2D eigenvalue weighted by molar-refractivity contribution is -0.121. The number of benzene rings is 1. The van der Waals surface area contributed by atoms with Gasteiger partial charge in [0.15, 0.2) is 11.2 Å². The van der Waals surface area contributed by atoms with Crippen LogP contribution in [0.3, 0.4) is 0 Å². The standard InChI is InChI=1S/C19H23N5O3/c1-4-13(14-8-6-5-7-9-14)10-20-15(25)11-24-12-21-17-16(24)18(26)23(3)19(27)22(17)2/h5-9,12-13H,4,10-11H2,1-3H3,(H,20,25)/t13-/m1/s1. The summed E-state index contributed by atoms with van der Waals surface area (Å²) in [5.41, 5.74) is 0.777. The Kier molecular flexibility index (Phi) is 5.25. The van der Waals surface area contributed by atoms with Gasteiger partial charge >= 0.3 is 5.69 Å². The second-order valence-electron chi connectivity index (χ2n) is 6.57. The first-order valence-electron chi connectivity index (χ1n) is 8.86. The third-order valence-corrected chi connectivity index (χ3v) is 4.84. The van der Waals surface area contributed by atoms with Gasteiger partial charge in [0.05, 0.1) is 6.33 Å². The maximum absolute atomic E-state index is 12.4. The van der Waals surface area contributed by atoms with E-state index in [1.807, 2.05) is 30.3 Å². The summed E-state index contributed by atoms with van der Waals surface area (Å²) in [5.74, 6) is 0.0166. The first kappa shape index (κ1) is 18.6. The Balaban J connectivity index is 1.77. The number of nitrogens with one attached hydrogen (secondary N) is 1. The number of hydrogen-bond donors (Lipinski definition) is 1. The van der Waals surface area contributed by atoms with Gasteiger partial charge in [-0.1, -0.05) is 37.3 Å². The molecule has 0 aliphatic heterocycles. The lowest BCUT2D eigenvalue weighted by Crippen LogP contribution is -2.38. The summed E-state index contributed by atoms with van der Waals surface area (Å²) in [5, 5.41) is 2.93. The Bertz CT molecular complexity index is 1080. The van der Waals surface area contributed by atoms with Crippen molar-refractivity contribution in [3.63, 3.8) is 0 Å². The second-order valence-corrected chi connectivity index (χ2v) is 6.57. The average molecular weight is 369 g/mol. The summed E-state index contributed by atoms with van der Waals surface area (Å²) < 4.78 is 3.80. The van der Waals surface area contributed by atoms with E-state index >= 15 is 0 Å². The maximum atomic E-state index is 12.4. The van der Waals surface area contributed by atoms with Gasteiger partial charge in [0.1, 0.15) is 6.54 Å². The fraction of sp³-hybridized carbons (Fsp3) is 0.368. The Morgan fingerprint density at radius 2 is 1.85 bits per heavy atom. The van der Waals surface area contributed by atoms with E-state index in [0.29, 0.717) is 6.54 Å². The number of amides is 1. The SMILES string of the molecule is CC[C@H](CNC(=O)Cn1cnc2c1c(=O)n(C)c(=O)n2C)c1ccccc1. The Morgan fingerprint density at radius 3 is 2.52 bits per heavy atom. The van der Waals surface area contributed by atoms with Crippen molar-refractivity contribution in [2.75, 3.05) is 6.54 Å². The molecule has 0 saturated carbocycles. The number of aryl methyl sites for hydroxylation is 1. The monoisotopic (exact) mass is 369 g/mol. The minimum atomic E-state index is -0.464. The third kappa shape index (κ3) is 3.55. The van der Waals surface area contributed by atoms with Crippen LogP contribution in [-0.2, 0) is 25.4 Å². The highest BCUT2D eigenvalue weighted by Crippen LogP contribution is 2.17. The second kappa shape index (κ2) is 7.61. The van der Waals surface area contributed by atoms with E-state index in [9.17, 15) is 14.4 Å². The fourth-order valence-corrected chi connectivity index (χ4v) is 3.19. The van der Waals surface area contributed by atoms with Crippen LogP contribution in [-0.4, -0.2) is 31.1 Å². The van der Waals surface area contributed by atoms with Crippen LogP contribution in [0.1, 0.15) is 24.8 Å². The molecule has 1 aromatic carbocycles. The van der Waals surface area contributed by atoms with Gasteiger partial charge in [-0.15, -0.1) is 0 Å². The third-order valence-electron chi connectivity index (χ3n) is 4.84. The normalized spacial score (nSPS) is 12.3. The highest BCUT2D eigenvalue weighted by atomic mass is 16.2. The maximum Gasteiger partial charge on any atom is 0.332 e. The van der Waals surface area contributed by atoms with Crippen molar-refractivity contribution in [1.29, 1.82) is 0 Å². The van der Waals surface area contributed by atoms with Crippen LogP contribution in [0.15, 0.2) is 46.2 Å². The highest BCUT2D eigenvalue weighted by Gasteiger charge is 2.16. The molecule has 8 nitrogen and oxygen atoms in total. The smallest absolute Gasteiger partial charge is 0.332 e. The number of rotatable bonds is 6. The van der Waals surface area contributed by atoms with Crippen molar-refractivity contribution in [3.8, 4) is 0 Å². The molecule has 1 N–H and O–H groups in total. The summed E-state index contributed by atoms with van der Waals surface area (Å²) in [4.78, 5) is 40.9. The fourth-order valence-electron chi connectivity index (χ4n) is 3.19. The molecule has 0 unspecified atom stereocenters. The molecule has 0 spiro atoms. The van der Waals surface area contributed by atoms with Crippen molar-refractivity contribution in [2.24, 2.45) is 14.1 Å². The van der Waals surface area contributed by atoms with Gasteiger partial charge in [0.25, 0.3) is 5.56 Å². The Labute approximate surface area is 156 Å². The summed E-state index contributed by atoms with van der Waals surface area (Å²) in [6, 6.07) is 10.0. The molecule has 2 heterocycles. The number of aromatic nitrogens is 4. The lowest BCUT2D eigenvalue weighted by atomic mass is 9.96. The van der Waals surface area contributed by atoms with Gasteiger partial charge in [0, 0.05) is 26.6 Å². The first-order valence-corrected chi connectivity index (χ1v) is 8.86. The summed E-state index contributed by atoms with van der Waals surface area (Å²) in [6.45, 7) is 2.56. The molecule has 142 valence electrons. The van der Waals surface area contributed by atoms with E-state index in [4.69, 9.17) is 0 Å². The number of hydrogen-bond acceptors (Lipinski definition) is 4. The largest absolute Gasteiger partial charge is 0.354 e. The summed E-state index contributed by atoms with van der Waals surface area (Å²) in [6.07, 6.45) is 2.32. The minimum Gasteiger partial charge on any atom is -0.354 e. The van der Waals surface area contributed by atoms with Crippen LogP contribution in [0.25, 0.3) is 11.2 Å². The Morgan fingerprint density at radius 1 is 1.15 bits per heavy atom. The molecular weight excluding hydrogens is 346 g/mol. The number of imidazole rings is 1. The van der Waals surface area contributed by atoms with Crippen molar-refractivity contribution in [2.45, 2.75) is 25.8 Å². The molecule has 0 saturated heterocycles. The molecule has 1 amide bonds. The molecule has 3 rings (SSSR count). The predicted molar refractivity (Wildman–Crippen MR) is 103 cm³/mol. The zero-order valence-electron chi connectivity index (χ0n) is 15.7. The van der Waals surface area contributed by atoms with Crippen molar-refractivity contribution in [3.05, 3.63) is 63.1 Å². The van der Waals surface area contributed by atoms with Gasteiger partial charge < -0.3 is 9.88 Å². The zero-order chi connectivity index (χ0) is 19.6. The van der Waals surface area contributed by atoms with Crippen LogP contribution in [0, 0.1) is 0 Å². The van der Waals surface area contributed by atoms with Gasteiger partial charge in [-0.05, 0) is 12.0 Å². The molecule has 3 aromatic rings. The van der Waals surface area contributed by atoms with Gasteiger partial charge in [-0.2, -0.15) is 0 Å². The van der Waals surface area contributed by atoms with Crippen molar-refractivity contribution >= 4 is 17.1 Å². The molecule has 0 radical (unpaired) electrons. The zero-order valence-corrected chi connectivity index (χ0v) is 15.7. The number of carbonyl (C=O) groups excluding carboxylic acids is 1. The summed E-state index contributed by atoms with van der Waals surface area (Å²) in [7, 11) is 2.96. The Hall–Kier alpha value is -3.16. The molecule has 2 aromatic heterocycles. The first-order chi connectivity index (χ1) is 12.9. The average Bonchev–Trinajstić information content (AvgIpc) is 3.09. The molecule has 0 bridgehead atoms. The van der Waals surface area contributed by atoms with Gasteiger partial charge in [0.2, 0.25) is 5.91 Å². The number of fused-ring (bicyclic) bond motifs is 1. The van der Waals surface area contributed by atoms with E-state index in [1.54, 1.807) is 7.05 Å². The van der Waals surface area contributed by atoms with Crippen molar-refractivity contribution < 1.29 is 4.79 Å². The van der Waals surface area contributed by atoms with E-state index in [-0.39, 0.29) is 29.5 Å². The van der Waals surface area contributed by atoms with Crippen LogP contribution < -0.4 is 16.6 Å². The summed E-state index contributed by atoms with van der Waals surface area (Å²) >= 11 is 0. The van der Waals surface area contributed by atoms with Gasteiger partial charge in [-0.25, -0.2) is 9.78 Å². The van der Waals surface area contributed by atoms with Crippen LogP contribution >= 0.6 is 0 Å². The van der Waals surface area contributed by atoms with Crippen LogP contribution in [0.2, 0.25) is 0 Å². The van der Waals surface area contributed by atoms with Crippen LogP contribution in [0.5, 0.6) is 0 Å². The quantitative estimate of drug-likeness (QED) is 0.694. The molecule has 0 aliphatic rings. The molecule has 1 atom stereocenters. The molecular formula is C19H23N5O3. The molecule has 0 aliphatic carbocycles.